The predicted octanol–water partition coefficient (Wildman–Crippen LogP) is 17.0. The molecule has 0 saturated carbocycles. The Balaban J connectivity index is 0.000000135. The van der Waals surface area contributed by atoms with Gasteiger partial charge in [-0.25, -0.2) is 17.6 Å². The van der Waals surface area contributed by atoms with E-state index in [1.54, 1.807) is 97.0 Å². The lowest BCUT2D eigenvalue weighted by atomic mass is 9.88. The van der Waals surface area contributed by atoms with Gasteiger partial charge in [-0.05, 0) is 290 Å². The lowest BCUT2D eigenvalue weighted by Crippen LogP contribution is -2.21. The molecule has 4 heterocycles. The minimum Gasteiger partial charge on any atom is -0.508 e. The summed E-state index contributed by atoms with van der Waals surface area (Å²) in [6, 6.07) is 64.7. The largest absolute Gasteiger partial charge is 0.508 e. The molecule has 0 bridgehead atoms. The van der Waals surface area contributed by atoms with Gasteiger partial charge in [0.2, 0.25) is 0 Å². The highest BCUT2D eigenvalue weighted by Crippen LogP contribution is 2.31. The minimum absolute atomic E-state index is 0.170. The van der Waals surface area contributed by atoms with Crippen molar-refractivity contribution in [3.8, 4) is 17.2 Å². The van der Waals surface area contributed by atoms with Crippen molar-refractivity contribution in [1.29, 1.82) is 0 Å². The first-order chi connectivity index (χ1) is 63.7. The van der Waals surface area contributed by atoms with Crippen LogP contribution in [0.15, 0.2) is 283 Å². The fourth-order valence-electron chi connectivity index (χ4n) is 14.1. The van der Waals surface area contributed by atoms with Gasteiger partial charge in [0, 0.05) is 33.4 Å². The first kappa shape index (κ1) is 94.6. The van der Waals surface area contributed by atoms with E-state index in [2.05, 4.69) is 70.9 Å². The summed E-state index contributed by atoms with van der Waals surface area (Å²) in [5.74, 6) is -0.127. The van der Waals surface area contributed by atoms with Crippen molar-refractivity contribution >= 4 is 34.3 Å². The quantitative estimate of drug-likeness (QED) is 0.0330. The number of hydrogen-bond acceptors (Lipinski definition) is 23. The number of phenols is 3. The van der Waals surface area contributed by atoms with E-state index in [1.165, 1.54) is 41.0 Å². The van der Waals surface area contributed by atoms with Gasteiger partial charge in [-0.3, -0.25) is 39.9 Å². The summed E-state index contributed by atoms with van der Waals surface area (Å²) >= 11 is 0. The molecule has 4 aliphatic heterocycles. The number of benzene rings is 12. The van der Waals surface area contributed by atoms with Crippen LogP contribution in [-0.4, -0.2) is 76.3 Å². The van der Waals surface area contributed by atoms with E-state index in [0.717, 1.165) is 159 Å². The molecule has 12 aromatic carbocycles. The fraction of sp³-hybridized carbons (Fsp3) is 0.257. The highest BCUT2D eigenvalue weighted by Gasteiger charge is 2.22. The van der Waals surface area contributed by atoms with Crippen LogP contribution in [0.1, 0.15) is 169 Å². The summed E-state index contributed by atoms with van der Waals surface area (Å²) in [5, 5.41) is 61.7. The zero-order chi connectivity index (χ0) is 93.3. The average Bonchev–Trinajstić information content (AvgIpc) is 1.31. The van der Waals surface area contributed by atoms with Crippen LogP contribution in [-0.2, 0) is 81.5 Å². The van der Waals surface area contributed by atoms with Gasteiger partial charge in [-0.15, -0.1) is 0 Å². The topological polar surface area (TPSA) is 289 Å². The van der Waals surface area contributed by atoms with E-state index in [-0.39, 0.29) is 35.6 Å². The second-order valence-electron chi connectivity index (χ2n) is 32.5. The van der Waals surface area contributed by atoms with Crippen molar-refractivity contribution in [1.82, 2.24) is 0 Å². The maximum atomic E-state index is 13.5. The molecule has 12 aromatic rings. The van der Waals surface area contributed by atoms with Gasteiger partial charge in [0.05, 0.1) is 77.1 Å². The van der Waals surface area contributed by atoms with Gasteiger partial charge in [-0.1, -0.05) is 158 Å². The Bertz CT molecular complexity index is 6900. The molecule has 132 heavy (non-hydrogen) atoms. The van der Waals surface area contributed by atoms with Crippen LogP contribution in [0.25, 0.3) is 0 Å². The summed E-state index contributed by atoms with van der Waals surface area (Å²) in [5.41, 5.74) is 23.9. The SMILES string of the molecule is C/C(=N\OCc1ccc(C)c(F)c1)c1ccc(C)c(F)c1.C/C(=N\OCc1ccc(C)cc1)c1ccc(C)c(F)c1.C/C(=N\OCc1ccc2c(c1)=NCN=2)c1ccc(C)c(F)c1.C/C(=N\OCc1ccc2c(c1)=NCN=2)c1ccc(C)c(O)c1.Cc1cc2c(cc1O)/C(=N/OCc1ccc3c(c1)=NCN=3)CC2.Cc1cc2c(cc1O)/C(=N/OCc1ccc3c(c1)=NCN=3)CCC2. The smallest absolute Gasteiger partial charge is 0.142 e. The zero-order valence-corrected chi connectivity index (χ0v) is 75.9. The lowest BCUT2D eigenvalue weighted by molar-refractivity contribution is 0.130. The van der Waals surface area contributed by atoms with Gasteiger partial charge < -0.3 is 44.3 Å². The van der Waals surface area contributed by atoms with Crippen LogP contribution < -0.4 is 42.9 Å². The van der Waals surface area contributed by atoms with Crippen molar-refractivity contribution in [2.24, 2.45) is 70.9 Å². The Hall–Kier alpha value is -15.0. The third-order valence-electron chi connectivity index (χ3n) is 22.3. The molecule has 18 rings (SSSR count). The standard InChI is InChI=1S/C19H19N3O2.C18H17N3O2.C17H17F2NO.C17H16FN3O.C17H18FNO.C17H17N3O2/c1-12-7-14-3-2-4-16(15(14)9-19(12)23)22-24-10-13-5-6-17-18(8-13)21-11-20-17;1-11-6-13-3-5-15(14(13)8-18(11)22)21-23-9-12-2-4-16-17(7-12)20-10-19-16;1-11-4-6-14(8-16(11)18)10-21-20-13(3)15-7-5-12(2)17(19)9-15;1-11-3-5-14(8-15(11)18)12(2)21-22-9-13-4-6-16-17(7-13)20-10-19-16;1-12-4-7-15(8-5-12)11-20-19-14(3)16-9-6-13(2)17(18)10-16;1-11-3-5-14(8-17(11)21)12(2)20-22-9-13-4-6-15-16(7-13)19-10-18-15/h5-9,23H,2-4,10-11H2,1H3;2,4,6-8,22H,3,5,9-10H2,1H3;4-9H,10H2,1-3H3;3-8H,9-10H2,1-2H3;4-10H,11H2,1-3H3;3-8,21H,9-10H2,1-2H3/b22-16+;21-15+;20-13+;21-12+;19-14+;20-12+. The number of aryl methyl sites for hydroxylation is 10. The molecule has 676 valence electrons. The van der Waals surface area contributed by atoms with Crippen LogP contribution >= 0.6 is 0 Å². The van der Waals surface area contributed by atoms with Crippen molar-refractivity contribution < 1.29 is 61.9 Å². The molecule has 0 spiro atoms. The number of hydrogen-bond donors (Lipinski definition) is 3. The first-order valence-corrected chi connectivity index (χ1v) is 43.2. The molecular weight excluding hydrogens is 1680 g/mol. The molecule has 0 saturated heterocycles. The monoisotopic (exact) mass is 1780 g/mol. The Kier molecular flexibility index (Phi) is 32.5. The third kappa shape index (κ3) is 26.2. The van der Waals surface area contributed by atoms with Crippen molar-refractivity contribution in [2.45, 2.75) is 155 Å². The zero-order valence-electron chi connectivity index (χ0n) is 75.9. The van der Waals surface area contributed by atoms with Crippen molar-refractivity contribution in [3.63, 3.8) is 0 Å². The van der Waals surface area contributed by atoms with Crippen LogP contribution in [0, 0.1) is 78.7 Å². The molecule has 0 unspecified atom stereocenters. The summed E-state index contributed by atoms with van der Waals surface area (Å²) in [7, 11) is 0. The summed E-state index contributed by atoms with van der Waals surface area (Å²) in [6.07, 6.45) is 4.73. The van der Waals surface area contributed by atoms with Gasteiger partial charge in [0.25, 0.3) is 0 Å². The number of oxime groups is 6. The predicted molar refractivity (Wildman–Crippen MR) is 501 cm³/mol. The van der Waals surface area contributed by atoms with Crippen molar-refractivity contribution in [3.05, 3.63) is 401 Å². The highest BCUT2D eigenvalue weighted by atomic mass is 19.1. The second-order valence-corrected chi connectivity index (χ2v) is 32.5. The normalized spacial score (nSPS) is 14.0. The number of fused-ring (bicyclic) bond motifs is 6. The maximum Gasteiger partial charge on any atom is 0.142 e. The summed E-state index contributed by atoms with van der Waals surface area (Å²) in [6.45, 7) is 25.9. The molecule has 23 nitrogen and oxygen atoms in total. The molecule has 3 N–H and O–H groups in total. The third-order valence-corrected chi connectivity index (χ3v) is 22.3. The molecule has 6 aliphatic rings. The highest BCUT2D eigenvalue weighted by molar-refractivity contribution is 6.05. The van der Waals surface area contributed by atoms with Crippen LogP contribution in [0.5, 0.6) is 17.2 Å². The van der Waals surface area contributed by atoms with E-state index in [4.69, 9.17) is 29.0 Å². The number of phenolic OH excluding ortho intramolecular Hbond substituents is 3. The Labute approximate surface area is 762 Å². The summed E-state index contributed by atoms with van der Waals surface area (Å²) < 4.78 is 53.9. The number of rotatable bonds is 22. The molecule has 0 aromatic heterocycles. The molecule has 0 amide bonds. The summed E-state index contributed by atoms with van der Waals surface area (Å²) in [4.78, 5) is 66.6. The number of nitrogens with zero attached hydrogens (tertiary/aromatic N) is 14. The number of halogens is 4. The lowest BCUT2D eigenvalue weighted by Gasteiger charge is -2.18. The van der Waals surface area contributed by atoms with Gasteiger partial charge >= 0.3 is 0 Å². The van der Waals surface area contributed by atoms with Gasteiger partial charge in [-0.2, -0.15) is 0 Å². The van der Waals surface area contributed by atoms with Gasteiger partial charge in [0.15, 0.2) is 0 Å². The van der Waals surface area contributed by atoms with E-state index >= 15 is 0 Å². The number of aromatic hydroxyl groups is 3. The molecule has 2 aliphatic carbocycles. The van der Waals surface area contributed by atoms with Gasteiger partial charge in [0.1, 0.15) is 107 Å². The molecule has 27 heteroatoms. The Morgan fingerprint density at radius 2 is 0.561 bits per heavy atom. The van der Waals surface area contributed by atoms with E-state index in [1.807, 2.05) is 174 Å². The van der Waals surface area contributed by atoms with E-state index in [0.29, 0.717) is 127 Å². The van der Waals surface area contributed by atoms with Crippen LogP contribution in [0.4, 0.5) is 17.6 Å². The Morgan fingerprint density at radius 3 is 0.924 bits per heavy atom. The average molecular weight is 1780 g/mol. The molecule has 0 fully saturated rings. The minimum atomic E-state index is -0.275. The van der Waals surface area contributed by atoms with E-state index < -0.39 is 0 Å². The Morgan fingerprint density at radius 1 is 0.273 bits per heavy atom. The van der Waals surface area contributed by atoms with Crippen molar-refractivity contribution in [2.75, 3.05) is 26.7 Å². The first-order valence-electron chi connectivity index (χ1n) is 43.2. The fourth-order valence-corrected chi connectivity index (χ4v) is 14.1. The molecular formula is C105H104F4N14O9. The maximum absolute atomic E-state index is 13.5. The second kappa shape index (κ2) is 45.3. The van der Waals surface area contributed by atoms with Crippen LogP contribution in [0.2, 0.25) is 0 Å². The van der Waals surface area contributed by atoms with Crippen LogP contribution in [0.3, 0.4) is 0 Å². The van der Waals surface area contributed by atoms with E-state index in [9.17, 15) is 32.9 Å². The molecule has 0 radical (unpaired) electrons. The molecule has 0 atom stereocenters.